The molecule has 0 aliphatic rings. The Kier molecular flexibility index (Phi) is 4.91. The number of nitrogens with zero attached hydrogens (tertiary/aromatic N) is 1. The van der Waals surface area contributed by atoms with E-state index in [9.17, 15) is 0 Å². The average Bonchev–Trinajstić information content (AvgIpc) is 2.38. The first-order chi connectivity index (χ1) is 9.58. The Morgan fingerprint density at radius 2 is 1.80 bits per heavy atom. The zero-order valence-corrected chi connectivity index (χ0v) is 12.9. The Hall–Kier alpha value is -1.67. The molecule has 0 aliphatic carbocycles. The van der Waals surface area contributed by atoms with Crippen LogP contribution in [0.3, 0.4) is 0 Å². The molecule has 2 heteroatoms. The molecule has 1 aromatic carbocycles. The van der Waals surface area contributed by atoms with Gasteiger partial charge in [-0.05, 0) is 56.5 Å². The second kappa shape index (κ2) is 6.67. The van der Waals surface area contributed by atoms with Crippen LogP contribution in [0.2, 0.25) is 0 Å². The molecule has 0 bridgehead atoms. The Labute approximate surface area is 122 Å². The smallest absolute Gasteiger partial charge is 0.0416 e. The van der Waals surface area contributed by atoms with Gasteiger partial charge in [0, 0.05) is 30.9 Å². The lowest BCUT2D eigenvalue weighted by Gasteiger charge is -2.20. The summed E-state index contributed by atoms with van der Waals surface area (Å²) in [5, 5.41) is 3.61. The van der Waals surface area contributed by atoms with E-state index in [0.29, 0.717) is 6.04 Å². The molecular formula is C18H24N2. The molecule has 20 heavy (non-hydrogen) atoms. The van der Waals surface area contributed by atoms with Gasteiger partial charge in [-0.2, -0.15) is 0 Å². The summed E-state index contributed by atoms with van der Waals surface area (Å²) in [6, 6.07) is 11.0. The average molecular weight is 268 g/mol. The van der Waals surface area contributed by atoms with Crippen LogP contribution in [0.1, 0.15) is 40.9 Å². The summed E-state index contributed by atoms with van der Waals surface area (Å²) < 4.78 is 0. The molecule has 1 aromatic heterocycles. The maximum atomic E-state index is 4.36. The molecular weight excluding hydrogens is 244 g/mol. The van der Waals surface area contributed by atoms with E-state index < -0.39 is 0 Å². The van der Waals surface area contributed by atoms with Crippen LogP contribution in [-0.4, -0.2) is 11.5 Å². The van der Waals surface area contributed by atoms with Crippen LogP contribution < -0.4 is 5.32 Å². The zero-order valence-electron chi connectivity index (χ0n) is 12.9. The molecule has 0 spiro atoms. The molecule has 1 heterocycles. The van der Waals surface area contributed by atoms with Gasteiger partial charge in [0.2, 0.25) is 0 Å². The van der Waals surface area contributed by atoms with Crippen LogP contribution in [0.25, 0.3) is 0 Å². The molecule has 2 rings (SSSR count). The van der Waals surface area contributed by atoms with Gasteiger partial charge in [0.25, 0.3) is 0 Å². The summed E-state index contributed by atoms with van der Waals surface area (Å²) in [5.41, 5.74) is 6.66. The van der Waals surface area contributed by atoms with E-state index in [1.807, 2.05) is 18.3 Å². The normalized spacial score (nSPS) is 12.4. The second-order valence-corrected chi connectivity index (χ2v) is 5.56. The summed E-state index contributed by atoms with van der Waals surface area (Å²) in [4.78, 5) is 4.36. The van der Waals surface area contributed by atoms with Gasteiger partial charge in [0.1, 0.15) is 0 Å². The minimum absolute atomic E-state index is 0.374. The van der Waals surface area contributed by atoms with Gasteiger partial charge in [-0.25, -0.2) is 0 Å². The third-order valence-electron chi connectivity index (χ3n) is 3.73. The Morgan fingerprint density at radius 3 is 2.40 bits per heavy atom. The van der Waals surface area contributed by atoms with Crippen molar-refractivity contribution in [3.8, 4) is 0 Å². The van der Waals surface area contributed by atoms with Crippen LogP contribution in [0.15, 0.2) is 36.5 Å². The molecule has 0 saturated carbocycles. The predicted molar refractivity (Wildman–Crippen MR) is 85.0 cm³/mol. The lowest BCUT2D eigenvalue weighted by molar-refractivity contribution is 0.569. The molecule has 1 atom stereocenters. The van der Waals surface area contributed by atoms with Crippen molar-refractivity contribution in [3.63, 3.8) is 0 Å². The van der Waals surface area contributed by atoms with Gasteiger partial charge >= 0.3 is 0 Å². The van der Waals surface area contributed by atoms with Crippen LogP contribution in [0.5, 0.6) is 0 Å². The van der Waals surface area contributed by atoms with Crippen molar-refractivity contribution < 1.29 is 0 Å². The Bertz CT molecular complexity index is 538. The summed E-state index contributed by atoms with van der Waals surface area (Å²) in [6.07, 6.45) is 2.82. The van der Waals surface area contributed by atoms with Crippen molar-refractivity contribution in [2.24, 2.45) is 0 Å². The third kappa shape index (κ3) is 3.67. The summed E-state index contributed by atoms with van der Waals surface area (Å²) >= 11 is 0. The first-order valence-corrected chi connectivity index (χ1v) is 7.29. The summed E-state index contributed by atoms with van der Waals surface area (Å²) in [6.45, 7) is 9.75. The quantitative estimate of drug-likeness (QED) is 0.889. The summed E-state index contributed by atoms with van der Waals surface area (Å²) in [7, 11) is 0. The highest BCUT2D eigenvalue weighted by Gasteiger charge is 2.11. The first kappa shape index (κ1) is 14.7. The number of rotatable bonds is 5. The van der Waals surface area contributed by atoms with Gasteiger partial charge in [-0.15, -0.1) is 0 Å². The number of nitrogens with one attached hydrogen (secondary N) is 1. The number of hydrogen-bond acceptors (Lipinski definition) is 2. The van der Waals surface area contributed by atoms with Crippen LogP contribution >= 0.6 is 0 Å². The van der Waals surface area contributed by atoms with E-state index in [4.69, 9.17) is 0 Å². The minimum Gasteiger partial charge on any atom is -0.310 e. The maximum Gasteiger partial charge on any atom is 0.0416 e. The molecule has 0 fully saturated rings. The van der Waals surface area contributed by atoms with Gasteiger partial charge in [0.05, 0.1) is 0 Å². The molecule has 0 aliphatic heterocycles. The monoisotopic (exact) mass is 268 g/mol. The fourth-order valence-electron chi connectivity index (χ4n) is 2.94. The standard InChI is InChI=1S/C18H24N2/c1-13-11-14(2)18(15(3)12-13)16(4)19-10-8-17-7-5-6-9-20-17/h5-7,9,11-12,16,19H,8,10H2,1-4H3. The fraction of sp³-hybridized carbons (Fsp3) is 0.389. The molecule has 1 N–H and O–H groups in total. The lowest BCUT2D eigenvalue weighted by atomic mass is 9.95. The molecule has 0 radical (unpaired) electrons. The van der Waals surface area contributed by atoms with E-state index in [-0.39, 0.29) is 0 Å². The van der Waals surface area contributed by atoms with Gasteiger partial charge < -0.3 is 5.32 Å². The molecule has 1 unspecified atom stereocenters. The second-order valence-electron chi connectivity index (χ2n) is 5.56. The highest BCUT2D eigenvalue weighted by molar-refractivity contribution is 5.39. The molecule has 106 valence electrons. The van der Waals surface area contributed by atoms with Crippen LogP contribution in [0.4, 0.5) is 0 Å². The van der Waals surface area contributed by atoms with E-state index in [0.717, 1.165) is 18.7 Å². The number of hydrogen-bond donors (Lipinski definition) is 1. The third-order valence-corrected chi connectivity index (χ3v) is 3.73. The topological polar surface area (TPSA) is 24.9 Å². The number of aromatic nitrogens is 1. The number of pyridine rings is 1. The molecule has 2 nitrogen and oxygen atoms in total. The SMILES string of the molecule is Cc1cc(C)c(C(C)NCCc2ccccn2)c(C)c1. The van der Waals surface area contributed by atoms with E-state index in [1.165, 1.54) is 22.3 Å². The maximum absolute atomic E-state index is 4.36. The highest BCUT2D eigenvalue weighted by Crippen LogP contribution is 2.23. The minimum atomic E-state index is 0.374. The van der Waals surface area contributed by atoms with Crippen molar-refractivity contribution in [1.82, 2.24) is 10.3 Å². The fourth-order valence-corrected chi connectivity index (χ4v) is 2.94. The molecule has 0 amide bonds. The largest absolute Gasteiger partial charge is 0.310 e. The zero-order chi connectivity index (χ0) is 14.5. The van der Waals surface area contributed by atoms with Gasteiger partial charge in [-0.3, -0.25) is 4.98 Å². The van der Waals surface area contributed by atoms with Crippen LogP contribution in [-0.2, 0) is 6.42 Å². The van der Waals surface area contributed by atoms with Crippen molar-refractivity contribution in [2.45, 2.75) is 40.2 Å². The molecule has 0 saturated heterocycles. The van der Waals surface area contributed by atoms with Crippen molar-refractivity contribution in [1.29, 1.82) is 0 Å². The summed E-state index contributed by atoms with van der Waals surface area (Å²) in [5.74, 6) is 0. The van der Waals surface area contributed by atoms with Crippen LogP contribution in [0, 0.1) is 20.8 Å². The van der Waals surface area contributed by atoms with E-state index in [2.05, 4.69) is 56.2 Å². The highest BCUT2D eigenvalue weighted by atomic mass is 14.9. The molecule has 2 aromatic rings. The first-order valence-electron chi connectivity index (χ1n) is 7.29. The number of benzene rings is 1. The lowest BCUT2D eigenvalue weighted by Crippen LogP contribution is -2.23. The van der Waals surface area contributed by atoms with Crippen molar-refractivity contribution in [2.75, 3.05) is 6.54 Å². The van der Waals surface area contributed by atoms with Gasteiger partial charge in [-0.1, -0.05) is 23.8 Å². The Morgan fingerprint density at radius 1 is 1.10 bits per heavy atom. The Balaban J connectivity index is 1.97. The van der Waals surface area contributed by atoms with Crippen molar-refractivity contribution in [3.05, 3.63) is 64.5 Å². The van der Waals surface area contributed by atoms with E-state index in [1.54, 1.807) is 0 Å². The van der Waals surface area contributed by atoms with Crippen molar-refractivity contribution >= 4 is 0 Å². The van der Waals surface area contributed by atoms with E-state index >= 15 is 0 Å². The number of aryl methyl sites for hydroxylation is 3. The van der Waals surface area contributed by atoms with Gasteiger partial charge in [0.15, 0.2) is 0 Å². The predicted octanol–water partition coefficient (Wildman–Crippen LogP) is 3.90.